The Bertz CT molecular complexity index is 746. The molecule has 0 N–H and O–H groups in total. The van der Waals surface area contributed by atoms with E-state index in [0.29, 0.717) is 25.9 Å². The van der Waals surface area contributed by atoms with Crippen molar-refractivity contribution < 1.29 is 19.1 Å². The zero-order chi connectivity index (χ0) is 39.9. The van der Waals surface area contributed by atoms with Gasteiger partial charge in [0.1, 0.15) is 12.2 Å². The lowest BCUT2D eigenvalue weighted by Gasteiger charge is -2.27. The van der Waals surface area contributed by atoms with Gasteiger partial charge < -0.3 is 19.3 Å². The number of carbonyl (C=O) groups is 2. The zero-order valence-corrected chi connectivity index (χ0v) is 37.7. The van der Waals surface area contributed by atoms with E-state index in [1.807, 2.05) is 0 Å². The van der Waals surface area contributed by atoms with Crippen LogP contribution in [0.2, 0.25) is 0 Å². The standard InChI is InChI=1S/C49H96N2O4/c1-5-9-13-17-21-26-34-46(35-27-22-18-14-10-6-2)54-48(52)38-44-51(43-33-32-42-50-40-30-25-31-41-50)45-39-49(53)55-47(36-28-23-19-15-11-7-3)37-29-24-20-16-12-8-4/h46-47H,5-45H2,1-4H3. The molecule has 0 saturated carbocycles. The maximum atomic E-state index is 13.3. The second-order valence-corrected chi connectivity index (χ2v) is 17.4. The van der Waals surface area contributed by atoms with Crippen molar-refractivity contribution in [1.29, 1.82) is 0 Å². The van der Waals surface area contributed by atoms with Gasteiger partial charge in [-0.1, -0.05) is 163 Å². The number of rotatable bonds is 41. The lowest BCUT2D eigenvalue weighted by atomic mass is 10.0. The molecule has 0 spiro atoms. The summed E-state index contributed by atoms with van der Waals surface area (Å²) < 4.78 is 12.4. The van der Waals surface area contributed by atoms with E-state index in [-0.39, 0.29) is 24.1 Å². The van der Waals surface area contributed by atoms with Gasteiger partial charge in [0, 0.05) is 13.1 Å². The molecule has 1 saturated heterocycles. The molecule has 1 rings (SSSR count). The highest BCUT2D eigenvalue weighted by atomic mass is 16.5. The van der Waals surface area contributed by atoms with Crippen LogP contribution in [0.15, 0.2) is 0 Å². The maximum Gasteiger partial charge on any atom is 0.307 e. The van der Waals surface area contributed by atoms with Gasteiger partial charge >= 0.3 is 11.9 Å². The first-order chi connectivity index (χ1) is 27.0. The van der Waals surface area contributed by atoms with Gasteiger partial charge in [-0.15, -0.1) is 0 Å². The lowest BCUT2D eigenvalue weighted by molar-refractivity contribution is -0.150. The minimum Gasteiger partial charge on any atom is -0.462 e. The predicted octanol–water partition coefficient (Wildman–Crippen LogP) is 14.2. The van der Waals surface area contributed by atoms with Gasteiger partial charge in [-0.3, -0.25) is 9.59 Å². The fraction of sp³-hybridized carbons (Fsp3) is 0.959. The number of ether oxygens (including phenoxy) is 2. The van der Waals surface area contributed by atoms with E-state index in [0.717, 1.165) is 70.9 Å². The van der Waals surface area contributed by atoms with E-state index >= 15 is 0 Å². The molecule has 0 atom stereocenters. The highest BCUT2D eigenvalue weighted by Crippen LogP contribution is 2.20. The number of unbranched alkanes of at least 4 members (excludes halogenated alkanes) is 21. The number of esters is 2. The highest BCUT2D eigenvalue weighted by molar-refractivity contribution is 5.70. The Morgan fingerprint density at radius 3 is 1.15 bits per heavy atom. The molecule has 1 heterocycles. The number of nitrogens with zero attached hydrogens (tertiary/aromatic N) is 2. The van der Waals surface area contributed by atoms with E-state index in [1.165, 1.54) is 167 Å². The van der Waals surface area contributed by atoms with Gasteiger partial charge in [-0.2, -0.15) is 0 Å². The second kappa shape index (κ2) is 39.7. The fourth-order valence-corrected chi connectivity index (χ4v) is 8.31. The molecule has 0 unspecified atom stereocenters. The Morgan fingerprint density at radius 2 is 0.782 bits per heavy atom. The van der Waals surface area contributed by atoms with Crippen molar-refractivity contribution in [2.45, 2.75) is 265 Å². The van der Waals surface area contributed by atoms with Gasteiger partial charge in [0.15, 0.2) is 0 Å². The van der Waals surface area contributed by atoms with Crippen molar-refractivity contribution >= 4 is 11.9 Å². The summed E-state index contributed by atoms with van der Waals surface area (Å²) in [6.07, 6.45) is 41.6. The summed E-state index contributed by atoms with van der Waals surface area (Å²) in [5, 5.41) is 0. The summed E-state index contributed by atoms with van der Waals surface area (Å²) >= 11 is 0. The van der Waals surface area contributed by atoms with Gasteiger partial charge in [0.2, 0.25) is 0 Å². The fourth-order valence-electron chi connectivity index (χ4n) is 8.31. The van der Waals surface area contributed by atoms with Crippen LogP contribution in [-0.4, -0.2) is 73.2 Å². The quantitative estimate of drug-likeness (QED) is 0.0455. The van der Waals surface area contributed by atoms with Crippen LogP contribution in [0, 0.1) is 0 Å². The van der Waals surface area contributed by atoms with Crippen LogP contribution >= 0.6 is 0 Å². The molecule has 0 amide bonds. The van der Waals surface area contributed by atoms with E-state index in [2.05, 4.69) is 37.5 Å². The molecule has 0 aromatic heterocycles. The van der Waals surface area contributed by atoms with Gasteiger partial charge in [0.25, 0.3) is 0 Å². The Morgan fingerprint density at radius 1 is 0.436 bits per heavy atom. The molecule has 1 fully saturated rings. The summed E-state index contributed by atoms with van der Waals surface area (Å²) in [6.45, 7) is 14.9. The molecule has 326 valence electrons. The van der Waals surface area contributed by atoms with Gasteiger partial charge in [-0.25, -0.2) is 0 Å². The van der Waals surface area contributed by atoms with Crippen LogP contribution in [-0.2, 0) is 19.1 Å². The Labute approximate surface area is 343 Å². The monoisotopic (exact) mass is 777 g/mol. The summed E-state index contributed by atoms with van der Waals surface area (Å²) in [7, 11) is 0. The average molecular weight is 777 g/mol. The molecule has 1 aliphatic rings. The van der Waals surface area contributed by atoms with Gasteiger partial charge in [-0.05, 0) is 103 Å². The number of piperidine rings is 1. The largest absolute Gasteiger partial charge is 0.462 e. The molecule has 1 aliphatic heterocycles. The third-order valence-corrected chi connectivity index (χ3v) is 12.0. The van der Waals surface area contributed by atoms with Crippen molar-refractivity contribution in [2.24, 2.45) is 0 Å². The predicted molar refractivity (Wildman–Crippen MR) is 237 cm³/mol. The average Bonchev–Trinajstić information content (AvgIpc) is 3.19. The number of carbonyl (C=O) groups excluding carboxylic acids is 2. The Hall–Kier alpha value is -1.14. The van der Waals surface area contributed by atoms with Crippen LogP contribution < -0.4 is 0 Å². The van der Waals surface area contributed by atoms with Crippen molar-refractivity contribution in [2.75, 3.05) is 39.3 Å². The van der Waals surface area contributed by atoms with Crippen LogP contribution in [0.25, 0.3) is 0 Å². The molecular weight excluding hydrogens is 681 g/mol. The van der Waals surface area contributed by atoms with Crippen LogP contribution in [0.3, 0.4) is 0 Å². The van der Waals surface area contributed by atoms with Crippen LogP contribution in [0.4, 0.5) is 0 Å². The summed E-state index contributed by atoms with van der Waals surface area (Å²) in [5.41, 5.74) is 0. The SMILES string of the molecule is CCCCCCCCC(CCCCCCCC)OC(=O)CCN(CCCCN1CCCCC1)CCC(=O)OC(CCCCCCCC)CCCCCCCC. The van der Waals surface area contributed by atoms with E-state index in [9.17, 15) is 9.59 Å². The minimum atomic E-state index is -0.0548. The number of likely N-dealkylation sites (tertiary alicyclic amines) is 1. The first-order valence-corrected chi connectivity index (χ1v) is 24.9. The Kier molecular flexibility index (Phi) is 37.4. The smallest absolute Gasteiger partial charge is 0.307 e. The molecule has 0 aliphatic carbocycles. The van der Waals surface area contributed by atoms with E-state index < -0.39 is 0 Å². The van der Waals surface area contributed by atoms with Crippen molar-refractivity contribution in [3.05, 3.63) is 0 Å². The molecule has 0 bridgehead atoms. The van der Waals surface area contributed by atoms with Crippen molar-refractivity contribution in [3.8, 4) is 0 Å². The molecule has 6 heteroatoms. The second-order valence-electron chi connectivity index (χ2n) is 17.4. The first-order valence-electron chi connectivity index (χ1n) is 24.9. The van der Waals surface area contributed by atoms with Crippen molar-refractivity contribution in [3.63, 3.8) is 0 Å². The summed E-state index contributed by atoms with van der Waals surface area (Å²) in [6, 6.07) is 0. The Balaban J connectivity index is 2.72. The van der Waals surface area contributed by atoms with Gasteiger partial charge in [0.05, 0.1) is 12.8 Å². The van der Waals surface area contributed by atoms with Crippen LogP contribution in [0.5, 0.6) is 0 Å². The van der Waals surface area contributed by atoms with Crippen LogP contribution in [0.1, 0.15) is 252 Å². The molecule has 55 heavy (non-hydrogen) atoms. The van der Waals surface area contributed by atoms with Crippen molar-refractivity contribution in [1.82, 2.24) is 9.80 Å². The zero-order valence-electron chi connectivity index (χ0n) is 37.7. The maximum absolute atomic E-state index is 13.3. The summed E-state index contributed by atoms with van der Waals surface area (Å²) in [5.74, 6) is -0.110. The summed E-state index contributed by atoms with van der Waals surface area (Å²) in [4.78, 5) is 31.7. The highest BCUT2D eigenvalue weighted by Gasteiger charge is 2.19. The first kappa shape index (κ1) is 51.9. The molecule has 0 aromatic rings. The molecular formula is C49H96N2O4. The molecule has 0 radical (unpaired) electrons. The third kappa shape index (κ3) is 33.5. The third-order valence-electron chi connectivity index (χ3n) is 12.0. The van der Waals surface area contributed by atoms with E-state index in [4.69, 9.17) is 9.47 Å². The van der Waals surface area contributed by atoms with E-state index in [1.54, 1.807) is 0 Å². The lowest BCUT2D eigenvalue weighted by Crippen LogP contribution is -2.33. The topological polar surface area (TPSA) is 59.1 Å². The normalized spacial score (nSPS) is 13.7. The number of hydrogen-bond acceptors (Lipinski definition) is 6. The minimum absolute atomic E-state index is 0.0491. The number of hydrogen-bond donors (Lipinski definition) is 0. The molecule has 6 nitrogen and oxygen atoms in total. The molecule has 0 aromatic carbocycles.